The Hall–Kier alpha value is -2.01. The van der Waals surface area contributed by atoms with E-state index in [0.717, 1.165) is 42.3 Å². The van der Waals surface area contributed by atoms with E-state index in [1.165, 1.54) is 5.56 Å². The molecule has 1 aromatic carbocycles. The molecule has 1 aromatic heterocycles. The number of hydrogen-bond acceptors (Lipinski definition) is 4. The number of anilines is 1. The lowest BCUT2D eigenvalue weighted by Gasteiger charge is -2.13. The van der Waals surface area contributed by atoms with Crippen molar-refractivity contribution in [3.05, 3.63) is 41.2 Å². The fourth-order valence-corrected chi connectivity index (χ4v) is 2.55. The van der Waals surface area contributed by atoms with E-state index >= 15 is 0 Å². The van der Waals surface area contributed by atoms with E-state index in [4.69, 9.17) is 9.84 Å². The summed E-state index contributed by atoms with van der Waals surface area (Å²) >= 11 is 0. The minimum absolute atomic E-state index is 0.100. The van der Waals surface area contributed by atoms with Gasteiger partial charge in [0.15, 0.2) is 0 Å². The molecule has 0 bridgehead atoms. The number of unbranched alkanes of at least 4 members (excludes halogenated alkanes) is 1. The van der Waals surface area contributed by atoms with Gasteiger partial charge in [-0.05, 0) is 32.4 Å². The summed E-state index contributed by atoms with van der Waals surface area (Å²) in [5, 5.41) is 17.0. The summed E-state index contributed by atoms with van der Waals surface area (Å²) < 4.78 is 7.71. The van der Waals surface area contributed by atoms with Crippen molar-refractivity contribution in [1.29, 1.82) is 0 Å². The second kappa shape index (κ2) is 8.58. The maximum atomic E-state index is 9.10. The zero-order valence-corrected chi connectivity index (χ0v) is 14.3. The normalized spacial score (nSPS) is 10.8. The van der Waals surface area contributed by atoms with Crippen molar-refractivity contribution in [2.75, 3.05) is 18.5 Å². The van der Waals surface area contributed by atoms with Gasteiger partial charge in [-0.3, -0.25) is 4.68 Å². The molecule has 0 atom stereocenters. The average Bonchev–Trinajstić information content (AvgIpc) is 2.81. The van der Waals surface area contributed by atoms with E-state index in [-0.39, 0.29) is 6.61 Å². The van der Waals surface area contributed by atoms with Gasteiger partial charge < -0.3 is 15.2 Å². The number of para-hydroxylation sites is 2. The summed E-state index contributed by atoms with van der Waals surface area (Å²) in [6.07, 6.45) is 2.18. The quantitative estimate of drug-likeness (QED) is 0.697. The summed E-state index contributed by atoms with van der Waals surface area (Å²) in [6, 6.07) is 8.02. The lowest BCUT2D eigenvalue weighted by atomic mass is 10.2. The molecule has 2 aromatic rings. The summed E-state index contributed by atoms with van der Waals surface area (Å²) in [5.41, 5.74) is 4.25. The monoisotopic (exact) mass is 317 g/mol. The van der Waals surface area contributed by atoms with Crippen LogP contribution in [0.2, 0.25) is 0 Å². The largest absolute Gasteiger partial charge is 0.491 e. The van der Waals surface area contributed by atoms with Gasteiger partial charge in [-0.2, -0.15) is 5.10 Å². The molecule has 0 spiro atoms. The fourth-order valence-electron chi connectivity index (χ4n) is 2.55. The molecule has 0 unspecified atom stereocenters. The van der Waals surface area contributed by atoms with Crippen LogP contribution in [0.5, 0.6) is 5.75 Å². The molecular formula is C18H27N3O2. The van der Waals surface area contributed by atoms with Crippen LogP contribution in [0.1, 0.15) is 36.7 Å². The molecule has 0 aliphatic carbocycles. The highest BCUT2D eigenvalue weighted by Gasteiger charge is 2.12. The lowest BCUT2D eigenvalue weighted by molar-refractivity contribution is 0.268. The Balaban J connectivity index is 2.06. The summed E-state index contributed by atoms with van der Waals surface area (Å²) in [5.74, 6) is 0.888. The SMILES string of the molecule is CCCCOc1ccccc1NCc1c(C)nn(CCO)c1C. The fraction of sp³-hybridized carbons (Fsp3) is 0.500. The van der Waals surface area contributed by atoms with Gasteiger partial charge in [-0.15, -0.1) is 0 Å². The number of aromatic nitrogens is 2. The molecule has 5 nitrogen and oxygen atoms in total. The van der Waals surface area contributed by atoms with Crippen LogP contribution in [0.3, 0.4) is 0 Å². The van der Waals surface area contributed by atoms with E-state index in [1.807, 2.05) is 42.8 Å². The minimum atomic E-state index is 0.100. The predicted molar refractivity (Wildman–Crippen MR) is 93.0 cm³/mol. The topological polar surface area (TPSA) is 59.3 Å². The Labute approximate surface area is 138 Å². The van der Waals surface area contributed by atoms with Crippen LogP contribution in [0.4, 0.5) is 5.69 Å². The van der Waals surface area contributed by atoms with Gasteiger partial charge in [-0.1, -0.05) is 25.5 Å². The number of rotatable bonds is 9. The van der Waals surface area contributed by atoms with Gasteiger partial charge >= 0.3 is 0 Å². The highest BCUT2D eigenvalue weighted by Crippen LogP contribution is 2.25. The first kappa shape index (κ1) is 17.3. The lowest BCUT2D eigenvalue weighted by Crippen LogP contribution is -2.07. The molecule has 5 heteroatoms. The molecule has 2 N–H and O–H groups in total. The zero-order valence-electron chi connectivity index (χ0n) is 14.3. The third-order valence-corrected chi connectivity index (χ3v) is 3.94. The second-order valence-corrected chi connectivity index (χ2v) is 5.65. The summed E-state index contributed by atoms with van der Waals surface area (Å²) in [4.78, 5) is 0. The average molecular weight is 317 g/mol. The van der Waals surface area contributed by atoms with Crippen LogP contribution in [-0.2, 0) is 13.1 Å². The van der Waals surface area contributed by atoms with Crippen molar-refractivity contribution in [1.82, 2.24) is 9.78 Å². The van der Waals surface area contributed by atoms with Gasteiger partial charge in [0.1, 0.15) is 5.75 Å². The maximum Gasteiger partial charge on any atom is 0.142 e. The maximum absolute atomic E-state index is 9.10. The van der Waals surface area contributed by atoms with Crippen LogP contribution in [-0.4, -0.2) is 28.1 Å². The van der Waals surface area contributed by atoms with Crippen molar-refractivity contribution in [3.8, 4) is 5.75 Å². The number of aryl methyl sites for hydroxylation is 1. The van der Waals surface area contributed by atoms with Gasteiger partial charge in [0.05, 0.1) is 31.1 Å². The van der Waals surface area contributed by atoms with Crippen molar-refractivity contribution in [2.24, 2.45) is 0 Å². The van der Waals surface area contributed by atoms with E-state index in [9.17, 15) is 0 Å². The highest BCUT2D eigenvalue weighted by atomic mass is 16.5. The third-order valence-electron chi connectivity index (χ3n) is 3.94. The predicted octanol–water partition coefficient (Wildman–Crippen LogP) is 3.28. The highest BCUT2D eigenvalue weighted by molar-refractivity contribution is 5.56. The molecule has 126 valence electrons. The molecule has 1 heterocycles. The first-order valence-corrected chi connectivity index (χ1v) is 8.26. The van der Waals surface area contributed by atoms with Crippen LogP contribution in [0.15, 0.2) is 24.3 Å². The van der Waals surface area contributed by atoms with Crippen molar-refractivity contribution < 1.29 is 9.84 Å². The number of nitrogens with one attached hydrogen (secondary N) is 1. The van der Waals surface area contributed by atoms with Gasteiger partial charge in [0.2, 0.25) is 0 Å². The summed E-state index contributed by atoms with van der Waals surface area (Å²) in [7, 11) is 0. The number of aliphatic hydroxyl groups excluding tert-OH is 1. The number of nitrogens with zero attached hydrogens (tertiary/aromatic N) is 2. The molecule has 0 aliphatic heterocycles. The molecule has 0 radical (unpaired) electrons. The van der Waals surface area contributed by atoms with Crippen LogP contribution in [0.25, 0.3) is 0 Å². The van der Waals surface area contributed by atoms with Crippen LogP contribution < -0.4 is 10.1 Å². The van der Waals surface area contributed by atoms with E-state index in [2.05, 4.69) is 17.3 Å². The van der Waals surface area contributed by atoms with E-state index < -0.39 is 0 Å². The number of hydrogen-bond donors (Lipinski definition) is 2. The first-order valence-electron chi connectivity index (χ1n) is 8.26. The van der Waals surface area contributed by atoms with Crippen LogP contribution in [0, 0.1) is 13.8 Å². The Bertz CT molecular complexity index is 623. The number of ether oxygens (including phenoxy) is 1. The molecule has 2 rings (SSSR count). The Morgan fingerprint density at radius 3 is 2.78 bits per heavy atom. The smallest absolute Gasteiger partial charge is 0.142 e. The van der Waals surface area contributed by atoms with Gasteiger partial charge in [0, 0.05) is 17.8 Å². The van der Waals surface area contributed by atoms with Crippen molar-refractivity contribution in [3.63, 3.8) is 0 Å². The Morgan fingerprint density at radius 1 is 1.26 bits per heavy atom. The second-order valence-electron chi connectivity index (χ2n) is 5.65. The van der Waals surface area contributed by atoms with Crippen LogP contribution >= 0.6 is 0 Å². The van der Waals surface area contributed by atoms with E-state index in [0.29, 0.717) is 13.1 Å². The molecule has 0 fully saturated rings. The summed E-state index contributed by atoms with van der Waals surface area (Å²) in [6.45, 7) is 8.26. The number of benzene rings is 1. The minimum Gasteiger partial charge on any atom is -0.491 e. The van der Waals surface area contributed by atoms with Gasteiger partial charge in [0.25, 0.3) is 0 Å². The molecule has 23 heavy (non-hydrogen) atoms. The van der Waals surface area contributed by atoms with Crippen molar-refractivity contribution >= 4 is 5.69 Å². The molecule has 0 amide bonds. The Morgan fingerprint density at radius 2 is 2.04 bits per heavy atom. The molecular weight excluding hydrogens is 290 g/mol. The van der Waals surface area contributed by atoms with Gasteiger partial charge in [-0.25, -0.2) is 0 Å². The molecule has 0 aliphatic rings. The first-order chi connectivity index (χ1) is 11.2. The third kappa shape index (κ3) is 4.48. The van der Waals surface area contributed by atoms with Crippen molar-refractivity contribution in [2.45, 2.75) is 46.7 Å². The molecule has 0 saturated heterocycles. The Kier molecular flexibility index (Phi) is 6.47. The number of aliphatic hydroxyl groups is 1. The zero-order chi connectivity index (χ0) is 16.7. The van der Waals surface area contributed by atoms with E-state index in [1.54, 1.807) is 0 Å². The molecule has 0 saturated carbocycles. The standard InChI is InChI=1S/C18H27N3O2/c1-4-5-12-23-18-9-7-6-8-17(18)19-13-16-14(2)20-21(10-11-22)15(16)3/h6-9,19,22H,4-5,10-13H2,1-3H3.